The summed E-state index contributed by atoms with van der Waals surface area (Å²) in [6.07, 6.45) is 1.38. The predicted molar refractivity (Wildman–Crippen MR) is 58.0 cm³/mol. The van der Waals surface area contributed by atoms with E-state index < -0.39 is 0 Å². The second-order valence-electron chi connectivity index (χ2n) is 3.71. The van der Waals surface area contributed by atoms with Crippen molar-refractivity contribution >= 4 is 11.9 Å². The highest BCUT2D eigenvalue weighted by Gasteiger charge is 2.14. The molecule has 1 N–H and O–H groups in total. The average molecular weight is 201 g/mol. The Balaban J connectivity index is 1.60. The van der Waals surface area contributed by atoms with Gasteiger partial charge in [-0.05, 0) is 6.42 Å². The number of piperazine rings is 1. The molecule has 2 saturated heterocycles. The van der Waals surface area contributed by atoms with Gasteiger partial charge in [0.25, 0.3) is 0 Å². The summed E-state index contributed by atoms with van der Waals surface area (Å²) in [5.41, 5.74) is 0. The summed E-state index contributed by atoms with van der Waals surface area (Å²) in [5, 5.41) is 3.38. The van der Waals surface area contributed by atoms with Gasteiger partial charge in [-0.2, -0.15) is 0 Å². The number of hydrogen-bond donors (Lipinski definition) is 1. The lowest BCUT2D eigenvalue weighted by atomic mass is 10.3. The van der Waals surface area contributed by atoms with Gasteiger partial charge in [0.05, 0.1) is 0 Å². The van der Waals surface area contributed by atoms with Crippen molar-refractivity contribution in [2.45, 2.75) is 6.42 Å². The molecule has 2 rings (SSSR count). The maximum absolute atomic E-state index is 3.38. The quantitative estimate of drug-likeness (QED) is 0.659. The Hall–Kier alpha value is 0.230. The minimum absolute atomic E-state index is 1.17. The van der Waals surface area contributed by atoms with Gasteiger partial charge in [0.2, 0.25) is 0 Å². The highest BCUT2D eigenvalue weighted by Crippen LogP contribution is 2.18. The van der Waals surface area contributed by atoms with Gasteiger partial charge in [0.1, 0.15) is 0 Å². The predicted octanol–water partition coefficient (Wildman–Crippen LogP) is 0.245. The first-order valence-electron chi connectivity index (χ1n) is 5.26. The zero-order valence-corrected chi connectivity index (χ0v) is 8.98. The fraction of sp³-hybridized carbons (Fsp3) is 1.00. The van der Waals surface area contributed by atoms with Gasteiger partial charge in [-0.25, -0.2) is 4.31 Å². The first kappa shape index (κ1) is 9.77. The van der Waals surface area contributed by atoms with E-state index >= 15 is 0 Å². The van der Waals surface area contributed by atoms with Gasteiger partial charge in [-0.15, -0.1) is 0 Å². The van der Waals surface area contributed by atoms with Crippen LogP contribution in [0.2, 0.25) is 0 Å². The molecule has 2 aliphatic heterocycles. The maximum Gasteiger partial charge on any atom is 0.0217 e. The van der Waals surface area contributed by atoms with Crippen molar-refractivity contribution in [3.05, 3.63) is 0 Å². The second-order valence-corrected chi connectivity index (χ2v) is 4.89. The van der Waals surface area contributed by atoms with Gasteiger partial charge in [0.15, 0.2) is 0 Å². The van der Waals surface area contributed by atoms with Crippen molar-refractivity contribution in [3.8, 4) is 0 Å². The van der Waals surface area contributed by atoms with Gasteiger partial charge < -0.3 is 5.32 Å². The summed E-state index contributed by atoms with van der Waals surface area (Å²) < 4.78 is 2.52. The monoisotopic (exact) mass is 201 g/mol. The molecule has 76 valence electrons. The van der Waals surface area contributed by atoms with E-state index in [0.717, 1.165) is 0 Å². The lowest BCUT2D eigenvalue weighted by molar-refractivity contribution is 0.228. The maximum atomic E-state index is 3.38. The van der Waals surface area contributed by atoms with Crippen molar-refractivity contribution < 1.29 is 0 Å². The Morgan fingerprint density at radius 3 is 2.62 bits per heavy atom. The average Bonchev–Trinajstić information content (AvgIpc) is 2.69. The molecule has 0 unspecified atom stereocenters. The molecule has 0 saturated carbocycles. The fourth-order valence-corrected chi connectivity index (χ4v) is 2.85. The van der Waals surface area contributed by atoms with E-state index in [1.54, 1.807) is 0 Å². The van der Waals surface area contributed by atoms with E-state index in [4.69, 9.17) is 0 Å². The van der Waals surface area contributed by atoms with Crippen LogP contribution in [0.3, 0.4) is 0 Å². The Morgan fingerprint density at radius 2 is 1.92 bits per heavy atom. The van der Waals surface area contributed by atoms with Crippen LogP contribution < -0.4 is 5.32 Å². The van der Waals surface area contributed by atoms with Crippen LogP contribution in [0.1, 0.15) is 6.42 Å². The van der Waals surface area contributed by atoms with Crippen molar-refractivity contribution in [1.82, 2.24) is 14.5 Å². The molecule has 13 heavy (non-hydrogen) atoms. The molecule has 4 heteroatoms. The molecule has 0 amide bonds. The summed E-state index contributed by atoms with van der Waals surface area (Å²) in [5.74, 6) is 1.33. The zero-order valence-electron chi connectivity index (χ0n) is 8.17. The summed E-state index contributed by atoms with van der Waals surface area (Å²) in [7, 11) is 0. The third kappa shape index (κ3) is 3.13. The molecule has 0 aromatic rings. The Morgan fingerprint density at radius 1 is 1.08 bits per heavy atom. The van der Waals surface area contributed by atoms with Crippen LogP contribution >= 0.6 is 11.9 Å². The van der Waals surface area contributed by atoms with Crippen LogP contribution in [0.5, 0.6) is 0 Å². The molecule has 0 atom stereocenters. The fourth-order valence-electron chi connectivity index (χ4n) is 1.86. The number of nitrogens with one attached hydrogen (secondary N) is 1. The van der Waals surface area contributed by atoms with Crippen LogP contribution in [0.4, 0.5) is 0 Å². The summed E-state index contributed by atoms with van der Waals surface area (Å²) >= 11 is 2.02. The molecule has 2 heterocycles. The van der Waals surface area contributed by atoms with E-state index in [1.807, 2.05) is 11.9 Å². The molecule has 0 aromatic heterocycles. The van der Waals surface area contributed by atoms with Gasteiger partial charge in [-0.1, -0.05) is 11.9 Å². The Bertz CT molecular complexity index is 142. The molecule has 0 radical (unpaired) electrons. The smallest absolute Gasteiger partial charge is 0.0217 e. The third-order valence-electron chi connectivity index (χ3n) is 2.70. The summed E-state index contributed by atoms with van der Waals surface area (Å²) in [6, 6.07) is 0. The van der Waals surface area contributed by atoms with E-state index in [-0.39, 0.29) is 0 Å². The van der Waals surface area contributed by atoms with E-state index in [2.05, 4.69) is 14.5 Å². The standard InChI is InChI=1S/C9H19N3S/c1-4-12(13-9-1)8-7-11-5-2-10-3-6-11/h10H,1-9H2. The first-order chi connectivity index (χ1) is 6.45. The highest BCUT2D eigenvalue weighted by molar-refractivity contribution is 7.97. The SMILES string of the molecule is C1CSN(CCN2CCNCC2)C1. The van der Waals surface area contributed by atoms with Gasteiger partial charge in [-0.3, -0.25) is 4.90 Å². The van der Waals surface area contributed by atoms with Crippen LogP contribution in [0.25, 0.3) is 0 Å². The number of rotatable bonds is 3. The van der Waals surface area contributed by atoms with Crippen molar-refractivity contribution in [2.75, 3.05) is 51.6 Å². The molecule has 2 aliphatic rings. The lowest BCUT2D eigenvalue weighted by Crippen LogP contribution is -2.45. The lowest BCUT2D eigenvalue weighted by Gasteiger charge is -2.28. The molecule has 2 fully saturated rings. The van der Waals surface area contributed by atoms with Crippen LogP contribution in [0, 0.1) is 0 Å². The Labute approximate surface area is 85.0 Å². The second kappa shape index (κ2) is 5.20. The van der Waals surface area contributed by atoms with Crippen molar-refractivity contribution in [2.24, 2.45) is 0 Å². The molecular weight excluding hydrogens is 182 g/mol. The van der Waals surface area contributed by atoms with E-state index in [0.29, 0.717) is 0 Å². The molecule has 3 nitrogen and oxygen atoms in total. The molecule has 0 spiro atoms. The third-order valence-corrected chi connectivity index (χ3v) is 3.90. The number of nitrogens with zero attached hydrogens (tertiary/aromatic N) is 2. The zero-order chi connectivity index (χ0) is 8.93. The number of hydrogen-bond acceptors (Lipinski definition) is 4. The normalized spacial score (nSPS) is 26.8. The minimum Gasteiger partial charge on any atom is -0.314 e. The van der Waals surface area contributed by atoms with Crippen LogP contribution in [-0.2, 0) is 0 Å². The molecule has 0 bridgehead atoms. The summed E-state index contributed by atoms with van der Waals surface area (Å²) in [4.78, 5) is 2.56. The molecule has 0 aromatic carbocycles. The van der Waals surface area contributed by atoms with Crippen LogP contribution in [0.15, 0.2) is 0 Å². The Kier molecular flexibility index (Phi) is 3.91. The molecule has 0 aliphatic carbocycles. The van der Waals surface area contributed by atoms with E-state index in [1.165, 1.54) is 58.0 Å². The first-order valence-corrected chi connectivity index (χ1v) is 6.20. The van der Waals surface area contributed by atoms with E-state index in [9.17, 15) is 0 Å². The summed E-state index contributed by atoms with van der Waals surface area (Å²) in [6.45, 7) is 8.63. The van der Waals surface area contributed by atoms with Gasteiger partial charge in [0, 0.05) is 51.6 Å². The highest BCUT2D eigenvalue weighted by atomic mass is 32.2. The largest absolute Gasteiger partial charge is 0.314 e. The van der Waals surface area contributed by atoms with Crippen LogP contribution in [-0.4, -0.2) is 60.8 Å². The minimum atomic E-state index is 1.17. The van der Waals surface area contributed by atoms with Crippen molar-refractivity contribution in [1.29, 1.82) is 0 Å². The topological polar surface area (TPSA) is 18.5 Å². The van der Waals surface area contributed by atoms with Crippen molar-refractivity contribution in [3.63, 3.8) is 0 Å². The molecular formula is C9H19N3S. The van der Waals surface area contributed by atoms with Gasteiger partial charge >= 0.3 is 0 Å².